The Hall–Kier alpha value is -0.0800. The van der Waals surface area contributed by atoms with E-state index in [0.717, 1.165) is 26.1 Å². The van der Waals surface area contributed by atoms with Gasteiger partial charge in [-0.05, 0) is 33.1 Å². The van der Waals surface area contributed by atoms with Gasteiger partial charge in [-0.2, -0.15) is 0 Å². The number of rotatable bonds is 2. The Balaban J connectivity index is 2.78. The lowest BCUT2D eigenvalue weighted by molar-refractivity contribution is -0.152. The van der Waals surface area contributed by atoms with Gasteiger partial charge in [0, 0.05) is 18.6 Å². The second-order valence-corrected chi connectivity index (χ2v) is 6.01. The van der Waals surface area contributed by atoms with Gasteiger partial charge in [0.05, 0.1) is 12.2 Å². The van der Waals surface area contributed by atoms with E-state index >= 15 is 0 Å². The SMILES string of the molecule is CCC1(C(C)C)CN(C(C)(C)C)CCO1. The van der Waals surface area contributed by atoms with Crippen LogP contribution in [0.3, 0.4) is 0 Å². The molecule has 15 heavy (non-hydrogen) atoms. The molecule has 0 aromatic carbocycles. The smallest absolute Gasteiger partial charge is 0.0829 e. The highest BCUT2D eigenvalue weighted by Crippen LogP contribution is 2.32. The van der Waals surface area contributed by atoms with Crippen LogP contribution < -0.4 is 0 Å². The monoisotopic (exact) mass is 213 g/mol. The maximum absolute atomic E-state index is 6.06. The van der Waals surface area contributed by atoms with Crippen LogP contribution in [0.15, 0.2) is 0 Å². The zero-order valence-corrected chi connectivity index (χ0v) is 11.3. The van der Waals surface area contributed by atoms with E-state index in [4.69, 9.17) is 4.74 Å². The van der Waals surface area contributed by atoms with Crippen molar-refractivity contribution in [2.45, 2.75) is 59.1 Å². The van der Waals surface area contributed by atoms with Crippen molar-refractivity contribution in [3.05, 3.63) is 0 Å². The number of hydrogen-bond donors (Lipinski definition) is 0. The van der Waals surface area contributed by atoms with Gasteiger partial charge in [0.2, 0.25) is 0 Å². The number of ether oxygens (including phenoxy) is 1. The quantitative estimate of drug-likeness (QED) is 0.699. The van der Waals surface area contributed by atoms with Gasteiger partial charge < -0.3 is 4.74 Å². The molecule has 1 fully saturated rings. The van der Waals surface area contributed by atoms with Gasteiger partial charge in [-0.3, -0.25) is 4.90 Å². The molecular formula is C13H27NO. The van der Waals surface area contributed by atoms with Gasteiger partial charge in [-0.25, -0.2) is 0 Å². The van der Waals surface area contributed by atoms with Gasteiger partial charge in [0.15, 0.2) is 0 Å². The molecule has 0 N–H and O–H groups in total. The van der Waals surface area contributed by atoms with Crippen LogP contribution in [-0.4, -0.2) is 35.7 Å². The fourth-order valence-electron chi connectivity index (χ4n) is 2.35. The van der Waals surface area contributed by atoms with Crippen molar-refractivity contribution in [1.29, 1.82) is 0 Å². The summed E-state index contributed by atoms with van der Waals surface area (Å²) in [6.07, 6.45) is 1.11. The molecule has 1 heterocycles. The summed E-state index contributed by atoms with van der Waals surface area (Å²) < 4.78 is 6.06. The van der Waals surface area contributed by atoms with Gasteiger partial charge in [-0.15, -0.1) is 0 Å². The molecule has 0 bridgehead atoms. The van der Waals surface area contributed by atoms with Crippen molar-refractivity contribution in [3.63, 3.8) is 0 Å². The largest absolute Gasteiger partial charge is 0.372 e. The minimum Gasteiger partial charge on any atom is -0.372 e. The van der Waals surface area contributed by atoms with Crippen molar-refractivity contribution in [1.82, 2.24) is 4.90 Å². The van der Waals surface area contributed by atoms with Crippen LogP contribution in [0.5, 0.6) is 0 Å². The Morgan fingerprint density at radius 3 is 2.33 bits per heavy atom. The molecule has 0 aromatic rings. The Kier molecular flexibility index (Phi) is 3.83. The molecule has 1 atom stereocenters. The summed E-state index contributed by atoms with van der Waals surface area (Å²) in [4.78, 5) is 2.56. The van der Waals surface area contributed by atoms with Crippen LogP contribution >= 0.6 is 0 Å². The maximum atomic E-state index is 6.06. The highest BCUT2D eigenvalue weighted by atomic mass is 16.5. The molecule has 1 unspecified atom stereocenters. The molecule has 1 saturated heterocycles. The molecule has 0 aliphatic carbocycles. The summed E-state index contributed by atoms with van der Waals surface area (Å²) in [6, 6.07) is 0. The highest BCUT2D eigenvalue weighted by Gasteiger charge is 2.40. The van der Waals surface area contributed by atoms with Crippen LogP contribution in [0.25, 0.3) is 0 Å². The first-order valence-corrected chi connectivity index (χ1v) is 6.21. The molecule has 1 aliphatic heterocycles. The first-order valence-electron chi connectivity index (χ1n) is 6.21. The minimum absolute atomic E-state index is 0.0749. The first-order chi connectivity index (χ1) is 6.82. The molecule has 0 radical (unpaired) electrons. The van der Waals surface area contributed by atoms with E-state index in [2.05, 4.69) is 46.4 Å². The van der Waals surface area contributed by atoms with Crippen LogP contribution in [0.1, 0.15) is 48.0 Å². The lowest BCUT2D eigenvalue weighted by atomic mass is 9.84. The predicted molar refractivity (Wildman–Crippen MR) is 65.1 cm³/mol. The summed E-state index contributed by atoms with van der Waals surface area (Å²) in [5.41, 5.74) is 0.338. The third-order valence-corrected chi connectivity index (χ3v) is 3.81. The van der Waals surface area contributed by atoms with E-state index in [1.54, 1.807) is 0 Å². The second kappa shape index (κ2) is 4.42. The molecular weight excluding hydrogens is 186 g/mol. The normalized spacial score (nSPS) is 29.8. The molecule has 2 nitrogen and oxygen atoms in total. The highest BCUT2D eigenvalue weighted by molar-refractivity contribution is 4.93. The van der Waals surface area contributed by atoms with Crippen LogP contribution in [0.4, 0.5) is 0 Å². The number of morpholine rings is 1. The van der Waals surface area contributed by atoms with Crippen molar-refractivity contribution >= 4 is 0 Å². The van der Waals surface area contributed by atoms with Gasteiger partial charge in [0.25, 0.3) is 0 Å². The lowest BCUT2D eigenvalue weighted by Gasteiger charge is -2.49. The first kappa shape index (κ1) is 13.0. The van der Waals surface area contributed by atoms with Crippen LogP contribution in [0, 0.1) is 5.92 Å². The van der Waals surface area contributed by atoms with E-state index < -0.39 is 0 Å². The van der Waals surface area contributed by atoms with Gasteiger partial charge >= 0.3 is 0 Å². The molecule has 1 aliphatic rings. The second-order valence-electron chi connectivity index (χ2n) is 6.01. The molecule has 1 rings (SSSR count). The van der Waals surface area contributed by atoms with Crippen LogP contribution in [-0.2, 0) is 4.74 Å². The van der Waals surface area contributed by atoms with Crippen molar-refractivity contribution in [2.75, 3.05) is 19.7 Å². The fourth-order valence-corrected chi connectivity index (χ4v) is 2.35. The third-order valence-electron chi connectivity index (χ3n) is 3.81. The van der Waals surface area contributed by atoms with E-state index in [1.165, 1.54) is 0 Å². The summed E-state index contributed by atoms with van der Waals surface area (Å²) >= 11 is 0. The fraction of sp³-hybridized carbons (Fsp3) is 1.00. The van der Waals surface area contributed by atoms with E-state index in [-0.39, 0.29) is 11.1 Å². The zero-order chi connectivity index (χ0) is 11.7. The lowest BCUT2D eigenvalue weighted by Crippen LogP contribution is -2.59. The number of hydrogen-bond acceptors (Lipinski definition) is 2. The summed E-state index contributed by atoms with van der Waals surface area (Å²) in [5, 5.41) is 0. The third kappa shape index (κ3) is 2.73. The number of nitrogens with zero attached hydrogens (tertiary/aromatic N) is 1. The summed E-state index contributed by atoms with van der Waals surface area (Å²) in [5.74, 6) is 0.590. The molecule has 2 heteroatoms. The van der Waals surface area contributed by atoms with E-state index in [0.29, 0.717) is 5.92 Å². The summed E-state index contributed by atoms with van der Waals surface area (Å²) in [7, 11) is 0. The van der Waals surface area contributed by atoms with Crippen molar-refractivity contribution in [3.8, 4) is 0 Å². The van der Waals surface area contributed by atoms with E-state index in [9.17, 15) is 0 Å². The molecule has 0 amide bonds. The molecule has 0 saturated carbocycles. The molecule has 0 spiro atoms. The van der Waals surface area contributed by atoms with Crippen molar-refractivity contribution in [2.24, 2.45) is 5.92 Å². The molecule has 0 aromatic heterocycles. The Morgan fingerprint density at radius 2 is 1.93 bits per heavy atom. The zero-order valence-electron chi connectivity index (χ0n) is 11.3. The van der Waals surface area contributed by atoms with Gasteiger partial charge in [0.1, 0.15) is 0 Å². The maximum Gasteiger partial charge on any atom is 0.0829 e. The predicted octanol–water partition coefficient (Wildman–Crippen LogP) is 2.92. The Bertz CT molecular complexity index is 207. The standard InChI is InChI=1S/C13H27NO/c1-7-13(11(2)3)10-14(8-9-15-13)12(4,5)6/h11H,7-10H2,1-6H3. The average Bonchev–Trinajstić information content (AvgIpc) is 2.16. The van der Waals surface area contributed by atoms with Crippen LogP contribution in [0.2, 0.25) is 0 Å². The summed E-state index contributed by atoms with van der Waals surface area (Å²) in [6.45, 7) is 16.7. The minimum atomic E-state index is 0.0749. The Morgan fingerprint density at radius 1 is 1.33 bits per heavy atom. The van der Waals surface area contributed by atoms with Gasteiger partial charge in [-0.1, -0.05) is 20.8 Å². The Labute approximate surface area is 95.0 Å². The van der Waals surface area contributed by atoms with E-state index in [1.807, 2.05) is 0 Å². The topological polar surface area (TPSA) is 12.5 Å². The average molecular weight is 213 g/mol. The molecule has 90 valence electrons. The van der Waals surface area contributed by atoms with Crippen molar-refractivity contribution < 1.29 is 4.74 Å².